The molecule has 3 rings (SSSR count). The highest BCUT2D eigenvalue weighted by molar-refractivity contribution is 7.99. The van der Waals surface area contributed by atoms with Gasteiger partial charge in [-0.15, -0.1) is 11.8 Å². The average Bonchev–Trinajstić information content (AvgIpc) is 3.37. The lowest BCUT2D eigenvalue weighted by molar-refractivity contribution is -0.142. The van der Waals surface area contributed by atoms with Gasteiger partial charge >= 0.3 is 12.1 Å². The maximum Gasteiger partial charge on any atom is 0.411 e. The fraction of sp³-hybridized carbons (Fsp3) is 0.464. The number of methoxy groups -OCH3 is 1. The predicted octanol–water partition coefficient (Wildman–Crippen LogP) is 5.10. The monoisotopic (exact) mass is 559 g/mol. The Morgan fingerprint density at radius 3 is 2.55 bits per heavy atom. The summed E-state index contributed by atoms with van der Waals surface area (Å²) in [6, 6.07) is 14.4. The van der Waals surface area contributed by atoms with Crippen LogP contribution in [0.1, 0.15) is 37.6 Å². The molecule has 0 spiro atoms. The zero-order valence-electron chi connectivity index (χ0n) is 22.6. The topological polar surface area (TPSA) is 97.0 Å². The second-order valence-electron chi connectivity index (χ2n) is 9.94. The number of thioether (sulfide) groups is 2. The molecular weight excluding hydrogens is 522 g/mol. The van der Waals surface area contributed by atoms with E-state index in [9.17, 15) is 14.4 Å². The number of ether oxygens (including phenoxy) is 2. The first-order valence-electron chi connectivity index (χ1n) is 12.5. The molecule has 0 aromatic heterocycles. The molecule has 1 aliphatic heterocycles. The van der Waals surface area contributed by atoms with Crippen LogP contribution in [-0.2, 0) is 14.3 Å². The third-order valence-electron chi connectivity index (χ3n) is 5.90. The van der Waals surface area contributed by atoms with E-state index in [0.29, 0.717) is 30.2 Å². The van der Waals surface area contributed by atoms with Crippen molar-refractivity contribution in [1.82, 2.24) is 10.2 Å². The smallest absolute Gasteiger partial charge is 0.411 e. The van der Waals surface area contributed by atoms with E-state index < -0.39 is 17.6 Å². The highest BCUT2D eigenvalue weighted by Gasteiger charge is 2.32. The Morgan fingerprint density at radius 1 is 1.16 bits per heavy atom. The van der Waals surface area contributed by atoms with Crippen LogP contribution in [-0.4, -0.2) is 77.8 Å². The van der Waals surface area contributed by atoms with Crippen molar-refractivity contribution in [2.24, 2.45) is 0 Å². The van der Waals surface area contributed by atoms with Crippen molar-refractivity contribution in [2.45, 2.75) is 44.9 Å². The lowest BCUT2D eigenvalue weighted by atomic mass is 9.98. The van der Waals surface area contributed by atoms with Gasteiger partial charge in [-0.3, -0.25) is 9.69 Å². The highest BCUT2D eigenvalue weighted by atomic mass is 32.2. The van der Waals surface area contributed by atoms with Gasteiger partial charge in [0.15, 0.2) is 0 Å². The van der Waals surface area contributed by atoms with Crippen molar-refractivity contribution in [1.29, 1.82) is 0 Å². The molecule has 1 fully saturated rings. The number of hydrogen-bond donors (Lipinski definition) is 2. The lowest BCUT2D eigenvalue weighted by Gasteiger charge is -2.28. The summed E-state index contributed by atoms with van der Waals surface area (Å²) in [4.78, 5) is 40.0. The molecule has 2 aromatic carbocycles. The quantitative estimate of drug-likeness (QED) is 0.388. The van der Waals surface area contributed by atoms with Gasteiger partial charge in [-0.2, -0.15) is 11.8 Å². The van der Waals surface area contributed by atoms with Crippen LogP contribution >= 0.6 is 23.5 Å². The fourth-order valence-corrected chi connectivity index (χ4v) is 5.64. The summed E-state index contributed by atoms with van der Waals surface area (Å²) in [5.41, 5.74) is 2.36. The van der Waals surface area contributed by atoms with Gasteiger partial charge in [0.25, 0.3) is 5.91 Å². The highest BCUT2D eigenvalue weighted by Crippen LogP contribution is 2.29. The number of rotatable bonds is 10. The molecule has 0 unspecified atom stereocenters. The normalized spacial score (nSPS) is 16.0. The zero-order valence-corrected chi connectivity index (χ0v) is 24.2. The van der Waals surface area contributed by atoms with Crippen LogP contribution in [0, 0.1) is 0 Å². The Labute approximate surface area is 233 Å². The van der Waals surface area contributed by atoms with Crippen LogP contribution in [0.3, 0.4) is 0 Å². The standard InChI is InChI=1S/C28H37N3O5S2/c1-28(2,3)36-27(34)31-18-38-17-21(31)16-29-20-11-12-22(23(15-20)19-9-7-6-8-10-19)25(32)30-24(13-14-37-5)26(33)35-4/h6-12,15,21,24,29H,13-14,16-18H2,1-5H3,(H,30,32)/t21-,24+/m1/s1. The molecule has 0 bridgehead atoms. The molecule has 0 aliphatic carbocycles. The van der Waals surface area contributed by atoms with Gasteiger partial charge in [0.1, 0.15) is 11.6 Å². The van der Waals surface area contributed by atoms with E-state index in [1.165, 1.54) is 7.11 Å². The van der Waals surface area contributed by atoms with Crippen molar-refractivity contribution in [3.05, 3.63) is 54.1 Å². The minimum atomic E-state index is -0.722. The van der Waals surface area contributed by atoms with Gasteiger partial charge in [-0.1, -0.05) is 30.3 Å². The molecule has 2 N–H and O–H groups in total. The molecule has 1 heterocycles. The molecule has 1 saturated heterocycles. The van der Waals surface area contributed by atoms with E-state index in [-0.39, 0.29) is 18.0 Å². The second-order valence-corrected chi connectivity index (χ2v) is 11.9. The summed E-state index contributed by atoms with van der Waals surface area (Å²) >= 11 is 3.30. The molecule has 2 amide bonds. The molecule has 0 saturated carbocycles. The molecule has 2 atom stereocenters. The lowest BCUT2D eigenvalue weighted by Crippen LogP contribution is -2.43. The molecular formula is C28H37N3O5S2. The van der Waals surface area contributed by atoms with Crippen LogP contribution in [0.25, 0.3) is 11.1 Å². The number of carbonyl (C=O) groups is 3. The fourth-order valence-electron chi connectivity index (χ4n) is 3.98. The Balaban J connectivity index is 1.80. The number of nitrogens with one attached hydrogen (secondary N) is 2. The summed E-state index contributed by atoms with van der Waals surface area (Å²) in [5.74, 6) is 1.32. The summed E-state index contributed by atoms with van der Waals surface area (Å²) in [6.45, 7) is 6.13. The molecule has 10 heteroatoms. The van der Waals surface area contributed by atoms with E-state index in [4.69, 9.17) is 9.47 Å². The number of nitrogens with zero attached hydrogens (tertiary/aromatic N) is 1. The summed E-state index contributed by atoms with van der Waals surface area (Å²) in [6.07, 6.45) is 2.12. The Kier molecular flexibility index (Phi) is 10.8. The molecule has 206 valence electrons. The van der Waals surface area contributed by atoms with Gasteiger partial charge < -0.3 is 20.1 Å². The zero-order chi connectivity index (χ0) is 27.7. The first-order chi connectivity index (χ1) is 18.1. The van der Waals surface area contributed by atoms with E-state index in [1.807, 2.05) is 69.5 Å². The summed E-state index contributed by atoms with van der Waals surface area (Å²) < 4.78 is 10.5. The van der Waals surface area contributed by atoms with Gasteiger partial charge in [0.2, 0.25) is 0 Å². The van der Waals surface area contributed by atoms with Gasteiger partial charge in [0, 0.05) is 23.5 Å². The molecule has 8 nitrogen and oxygen atoms in total. The van der Waals surface area contributed by atoms with Crippen LogP contribution in [0.2, 0.25) is 0 Å². The maximum absolute atomic E-state index is 13.3. The number of hydrogen-bond acceptors (Lipinski definition) is 8. The number of benzene rings is 2. The number of esters is 1. The van der Waals surface area contributed by atoms with Gasteiger partial charge in [0.05, 0.1) is 19.0 Å². The largest absolute Gasteiger partial charge is 0.467 e. The Hall–Kier alpha value is -2.85. The molecule has 1 aliphatic rings. The first kappa shape index (κ1) is 29.7. The summed E-state index contributed by atoms with van der Waals surface area (Å²) in [5, 5.41) is 6.29. The van der Waals surface area contributed by atoms with E-state index in [0.717, 1.165) is 22.6 Å². The number of anilines is 1. The van der Waals surface area contributed by atoms with Crippen molar-refractivity contribution in [2.75, 3.05) is 42.6 Å². The van der Waals surface area contributed by atoms with Crippen LogP contribution in [0.15, 0.2) is 48.5 Å². The van der Waals surface area contributed by atoms with Crippen molar-refractivity contribution in [3.8, 4) is 11.1 Å². The molecule has 38 heavy (non-hydrogen) atoms. The number of carbonyl (C=O) groups excluding carboxylic acids is 3. The third-order valence-corrected chi connectivity index (χ3v) is 7.63. The van der Waals surface area contributed by atoms with Gasteiger partial charge in [-0.05, 0) is 68.5 Å². The van der Waals surface area contributed by atoms with E-state index in [1.54, 1.807) is 34.5 Å². The van der Waals surface area contributed by atoms with Crippen molar-refractivity contribution in [3.63, 3.8) is 0 Å². The third kappa shape index (κ3) is 8.33. The first-order valence-corrected chi connectivity index (χ1v) is 15.1. The minimum absolute atomic E-state index is 0.0183. The predicted molar refractivity (Wildman–Crippen MR) is 156 cm³/mol. The second kappa shape index (κ2) is 13.8. The Morgan fingerprint density at radius 2 is 1.89 bits per heavy atom. The maximum atomic E-state index is 13.3. The summed E-state index contributed by atoms with van der Waals surface area (Å²) in [7, 11) is 1.32. The van der Waals surface area contributed by atoms with Crippen molar-refractivity contribution >= 4 is 47.2 Å². The minimum Gasteiger partial charge on any atom is -0.467 e. The molecule has 0 radical (unpaired) electrons. The van der Waals surface area contributed by atoms with Gasteiger partial charge in [-0.25, -0.2) is 9.59 Å². The number of amides is 2. The van der Waals surface area contributed by atoms with E-state index >= 15 is 0 Å². The van der Waals surface area contributed by atoms with Crippen LogP contribution in [0.4, 0.5) is 10.5 Å². The SMILES string of the molecule is COC(=O)[C@H](CCSC)NC(=O)c1ccc(NC[C@@H]2CSCN2C(=O)OC(C)(C)C)cc1-c1ccccc1. The van der Waals surface area contributed by atoms with E-state index in [2.05, 4.69) is 10.6 Å². The Bertz CT molecular complexity index is 1110. The van der Waals surface area contributed by atoms with Crippen LogP contribution in [0.5, 0.6) is 0 Å². The van der Waals surface area contributed by atoms with Crippen molar-refractivity contribution < 1.29 is 23.9 Å². The molecule has 2 aromatic rings. The van der Waals surface area contributed by atoms with Crippen LogP contribution < -0.4 is 10.6 Å². The average molecular weight is 560 g/mol.